The van der Waals surface area contributed by atoms with E-state index < -0.39 is 0 Å². The Bertz CT molecular complexity index is 655. The molecule has 0 saturated heterocycles. The molecule has 1 heterocycles. The summed E-state index contributed by atoms with van der Waals surface area (Å²) in [6.07, 6.45) is 0.210. The van der Waals surface area contributed by atoms with Gasteiger partial charge in [0.2, 0.25) is 5.78 Å². The van der Waals surface area contributed by atoms with Crippen LogP contribution in [0.15, 0.2) is 30.3 Å². The highest BCUT2D eigenvalue weighted by Crippen LogP contribution is 2.22. The Balaban J connectivity index is 2.23. The smallest absolute Gasteiger partial charge is 0.310 e. The first-order chi connectivity index (χ1) is 9.51. The maximum atomic E-state index is 12.4. The highest BCUT2D eigenvalue weighted by atomic mass is 32.1. The first-order valence-corrected chi connectivity index (χ1v) is 7.10. The molecule has 0 N–H and O–H groups in total. The first-order valence-electron chi connectivity index (χ1n) is 6.28. The van der Waals surface area contributed by atoms with Crippen molar-refractivity contribution < 1.29 is 14.3 Å². The van der Waals surface area contributed by atoms with Gasteiger partial charge >= 0.3 is 5.97 Å². The van der Waals surface area contributed by atoms with Crippen molar-refractivity contribution in [3.63, 3.8) is 0 Å². The minimum Gasteiger partial charge on any atom is -0.469 e. The predicted molar refractivity (Wildman–Crippen MR) is 79.4 cm³/mol. The average Bonchev–Trinajstić information content (AvgIpc) is 2.86. The molecule has 0 radical (unpaired) electrons. The van der Waals surface area contributed by atoms with Crippen LogP contribution in [0.5, 0.6) is 0 Å². The Morgan fingerprint density at radius 3 is 2.55 bits per heavy atom. The second-order valence-corrected chi connectivity index (χ2v) is 5.83. The van der Waals surface area contributed by atoms with E-state index in [1.807, 2.05) is 32.0 Å². The van der Waals surface area contributed by atoms with E-state index in [1.165, 1.54) is 18.4 Å². The average molecular weight is 288 g/mol. The van der Waals surface area contributed by atoms with Gasteiger partial charge in [-0.2, -0.15) is 0 Å². The van der Waals surface area contributed by atoms with Crippen LogP contribution in [0.25, 0.3) is 0 Å². The van der Waals surface area contributed by atoms with Crippen molar-refractivity contribution in [1.82, 2.24) is 0 Å². The molecule has 0 bridgehead atoms. The van der Waals surface area contributed by atoms with Crippen LogP contribution in [-0.2, 0) is 16.0 Å². The lowest BCUT2D eigenvalue weighted by molar-refractivity contribution is -0.139. The lowest BCUT2D eigenvalue weighted by Gasteiger charge is -2.04. The molecule has 0 aliphatic rings. The van der Waals surface area contributed by atoms with E-state index in [1.54, 1.807) is 12.1 Å². The zero-order valence-electron chi connectivity index (χ0n) is 11.7. The number of thiophene rings is 1. The largest absolute Gasteiger partial charge is 0.469 e. The van der Waals surface area contributed by atoms with Crippen LogP contribution in [-0.4, -0.2) is 18.9 Å². The molecule has 1 aromatic heterocycles. The quantitative estimate of drug-likeness (QED) is 0.640. The number of carbonyl (C=O) groups excluding carboxylic acids is 2. The molecule has 0 amide bonds. The van der Waals surface area contributed by atoms with Gasteiger partial charge in [0.05, 0.1) is 18.4 Å². The van der Waals surface area contributed by atoms with Crippen molar-refractivity contribution in [1.29, 1.82) is 0 Å². The molecule has 0 fully saturated rings. The molecular weight excluding hydrogens is 272 g/mol. The maximum absolute atomic E-state index is 12.4. The molecule has 0 aliphatic heterocycles. The van der Waals surface area contributed by atoms with Gasteiger partial charge < -0.3 is 4.74 Å². The Morgan fingerprint density at radius 2 is 1.90 bits per heavy atom. The standard InChI is InChI=1S/C16H16O3S/c1-10-4-6-13(11(2)8-10)16(18)14-7-5-12(20-14)9-15(17)19-3/h4-8H,9H2,1-3H3. The third-order valence-corrected chi connectivity index (χ3v) is 4.14. The van der Waals surface area contributed by atoms with E-state index in [4.69, 9.17) is 0 Å². The summed E-state index contributed by atoms with van der Waals surface area (Å²) in [7, 11) is 1.36. The van der Waals surface area contributed by atoms with Gasteiger partial charge in [0, 0.05) is 10.4 Å². The van der Waals surface area contributed by atoms with Crippen LogP contribution < -0.4 is 0 Å². The van der Waals surface area contributed by atoms with E-state index in [2.05, 4.69) is 4.74 Å². The SMILES string of the molecule is COC(=O)Cc1ccc(C(=O)c2ccc(C)cc2C)s1. The molecule has 0 unspecified atom stereocenters. The summed E-state index contributed by atoms with van der Waals surface area (Å²) in [5.41, 5.74) is 2.82. The molecule has 20 heavy (non-hydrogen) atoms. The molecule has 0 saturated carbocycles. The van der Waals surface area contributed by atoms with Crippen molar-refractivity contribution in [3.8, 4) is 0 Å². The molecule has 0 atom stereocenters. The third kappa shape index (κ3) is 3.14. The molecule has 1 aromatic carbocycles. The summed E-state index contributed by atoms with van der Waals surface area (Å²) in [6.45, 7) is 3.93. The molecule has 2 aromatic rings. The van der Waals surface area contributed by atoms with Crippen LogP contribution in [0, 0.1) is 13.8 Å². The number of benzene rings is 1. The van der Waals surface area contributed by atoms with Gasteiger partial charge in [0.25, 0.3) is 0 Å². The summed E-state index contributed by atoms with van der Waals surface area (Å²) in [6, 6.07) is 9.36. The lowest BCUT2D eigenvalue weighted by atomic mass is 10.0. The molecule has 104 valence electrons. The van der Waals surface area contributed by atoms with Crippen LogP contribution in [0.4, 0.5) is 0 Å². The topological polar surface area (TPSA) is 43.4 Å². The van der Waals surface area contributed by atoms with Crippen LogP contribution in [0.3, 0.4) is 0 Å². The number of aryl methyl sites for hydroxylation is 2. The van der Waals surface area contributed by atoms with Gasteiger partial charge in [0.1, 0.15) is 0 Å². The van der Waals surface area contributed by atoms with Crippen molar-refractivity contribution in [2.45, 2.75) is 20.3 Å². The van der Waals surface area contributed by atoms with Gasteiger partial charge in [-0.3, -0.25) is 9.59 Å². The molecular formula is C16H16O3S. The summed E-state index contributed by atoms with van der Waals surface area (Å²) < 4.78 is 4.62. The van der Waals surface area contributed by atoms with E-state index in [0.717, 1.165) is 16.0 Å². The van der Waals surface area contributed by atoms with Crippen LogP contribution >= 0.6 is 11.3 Å². The summed E-state index contributed by atoms with van der Waals surface area (Å²) >= 11 is 1.34. The van der Waals surface area contributed by atoms with E-state index in [0.29, 0.717) is 10.4 Å². The molecule has 0 spiro atoms. The second-order valence-electron chi connectivity index (χ2n) is 4.67. The van der Waals surface area contributed by atoms with E-state index >= 15 is 0 Å². The number of esters is 1. The van der Waals surface area contributed by atoms with Gasteiger partial charge in [-0.1, -0.05) is 23.8 Å². The first kappa shape index (κ1) is 14.5. The van der Waals surface area contributed by atoms with Crippen molar-refractivity contribution in [2.24, 2.45) is 0 Å². The number of hydrogen-bond acceptors (Lipinski definition) is 4. The van der Waals surface area contributed by atoms with E-state index in [-0.39, 0.29) is 18.2 Å². The molecule has 2 rings (SSSR count). The molecule has 3 nitrogen and oxygen atoms in total. The molecule has 4 heteroatoms. The Hall–Kier alpha value is -1.94. The Morgan fingerprint density at radius 1 is 1.15 bits per heavy atom. The third-order valence-electron chi connectivity index (χ3n) is 3.06. The highest BCUT2D eigenvalue weighted by molar-refractivity contribution is 7.14. The zero-order valence-corrected chi connectivity index (χ0v) is 12.5. The molecule has 0 aliphatic carbocycles. The number of carbonyl (C=O) groups is 2. The monoisotopic (exact) mass is 288 g/mol. The second kappa shape index (κ2) is 6.01. The normalized spacial score (nSPS) is 10.3. The Labute approximate surface area is 122 Å². The van der Waals surface area contributed by atoms with Crippen molar-refractivity contribution in [2.75, 3.05) is 7.11 Å². The summed E-state index contributed by atoms with van der Waals surface area (Å²) in [5, 5.41) is 0. The van der Waals surface area contributed by atoms with Crippen molar-refractivity contribution >= 4 is 23.1 Å². The van der Waals surface area contributed by atoms with Crippen molar-refractivity contribution in [3.05, 3.63) is 56.8 Å². The minimum absolute atomic E-state index is 0.00335. The highest BCUT2D eigenvalue weighted by Gasteiger charge is 2.15. The number of hydrogen-bond donors (Lipinski definition) is 0. The summed E-state index contributed by atoms with van der Waals surface area (Å²) in [4.78, 5) is 25.1. The fourth-order valence-corrected chi connectivity index (χ4v) is 2.96. The number of ketones is 1. The van der Waals surface area contributed by atoms with Crippen LogP contribution in [0.1, 0.15) is 31.2 Å². The van der Waals surface area contributed by atoms with Gasteiger partial charge in [0.15, 0.2) is 0 Å². The summed E-state index contributed by atoms with van der Waals surface area (Å²) in [5.74, 6) is -0.291. The number of ether oxygens (including phenoxy) is 1. The maximum Gasteiger partial charge on any atom is 0.310 e. The fourth-order valence-electron chi connectivity index (χ4n) is 2.01. The minimum atomic E-state index is -0.294. The number of methoxy groups -OCH3 is 1. The predicted octanol–water partition coefficient (Wildman–Crippen LogP) is 3.31. The van der Waals surface area contributed by atoms with Gasteiger partial charge in [-0.25, -0.2) is 0 Å². The fraction of sp³-hybridized carbons (Fsp3) is 0.250. The lowest BCUT2D eigenvalue weighted by Crippen LogP contribution is -2.03. The zero-order chi connectivity index (χ0) is 14.7. The van der Waals surface area contributed by atoms with Crippen LogP contribution in [0.2, 0.25) is 0 Å². The van der Waals surface area contributed by atoms with Gasteiger partial charge in [-0.15, -0.1) is 11.3 Å². The van der Waals surface area contributed by atoms with E-state index in [9.17, 15) is 9.59 Å². The number of rotatable bonds is 4. The van der Waals surface area contributed by atoms with Gasteiger partial charge in [-0.05, 0) is 31.5 Å². The Kier molecular flexibility index (Phi) is 4.35.